The van der Waals surface area contributed by atoms with Crippen molar-refractivity contribution in [3.8, 4) is 11.3 Å². The van der Waals surface area contributed by atoms with Gasteiger partial charge in [0.25, 0.3) is 0 Å². The molecule has 0 amide bonds. The molecule has 0 aliphatic carbocycles. The SMILES string of the molecule is CCCc1ccc(-c2cc(C(C)C)nc(N)n2)cc1. The Morgan fingerprint density at radius 3 is 2.37 bits per heavy atom. The van der Waals surface area contributed by atoms with Crippen molar-refractivity contribution in [1.82, 2.24) is 9.97 Å². The number of nitrogen functional groups attached to an aromatic ring is 1. The van der Waals surface area contributed by atoms with E-state index in [-0.39, 0.29) is 0 Å². The van der Waals surface area contributed by atoms with Gasteiger partial charge >= 0.3 is 0 Å². The Balaban J connectivity index is 2.35. The summed E-state index contributed by atoms with van der Waals surface area (Å²) >= 11 is 0. The Bertz CT molecular complexity index is 544. The normalized spacial score (nSPS) is 10.9. The minimum atomic E-state index is 0.346. The lowest BCUT2D eigenvalue weighted by molar-refractivity contribution is 0.819. The second-order valence-electron chi connectivity index (χ2n) is 5.14. The van der Waals surface area contributed by atoms with Gasteiger partial charge in [-0.3, -0.25) is 0 Å². The van der Waals surface area contributed by atoms with Crippen molar-refractivity contribution in [3.63, 3.8) is 0 Å². The fraction of sp³-hybridized carbons (Fsp3) is 0.375. The molecular weight excluding hydrogens is 234 g/mol. The standard InChI is InChI=1S/C16H21N3/c1-4-5-12-6-8-13(9-7-12)15-10-14(11(2)3)18-16(17)19-15/h6-11H,4-5H2,1-3H3,(H2,17,18,19). The smallest absolute Gasteiger partial charge is 0.220 e. The molecule has 0 aliphatic rings. The lowest BCUT2D eigenvalue weighted by Gasteiger charge is -2.09. The van der Waals surface area contributed by atoms with Gasteiger partial charge < -0.3 is 5.73 Å². The lowest BCUT2D eigenvalue weighted by atomic mass is 10.0. The summed E-state index contributed by atoms with van der Waals surface area (Å²) in [5.41, 5.74) is 10.1. The van der Waals surface area contributed by atoms with Crippen LogP contribution in [0, 0.1) is 0 Å². The molecule has 0 spiro atoms. The Morgan fingerprint density at radius 2 is 1.79 bits per heavy atom. The van der Waals surface area contributed by atoms with Crippen LogP contribution in [0.2, 0.25) is 0 Å². The number of hydrogen-bond acceptors (Lipinski definition) is 3. The summed E-state index contributed by atoms with van der Waals surface area (Å²) in [6.07, 6.45) is 2.28. The highest BCUT2D eigenvalue weighted by molar-refractivity contribution is 5.61. The highest BCUT2D eigenvalue weighted by Gasteiger charge is 2.07. The molecule has 3 heteroatoms. The average Bonchev–Trinajstić information content (AvgIpc) is 2.39. The zero-order valence-corrected chi connectivity index (χ0v) is 11.9. The topological polar surface area (TPSA) is 51.8 Å². The van der Waals surface area contributed by atoms with Crippen LogP contribution in [-0.2, 0) is 6.42 Å². The number of aromatic nitrogens is 2. The Kier molecular flexibility index (Phi) is 4.15. The van der Waals surface area contributed by atoms with Gasteiger partial charge in [-0.2, -0.15) is 0 Å². The maximum absolute atomic E-state index is 5.79. The highest BCUT2D eigenvalue weighted by Crippen LogP contribution is 2.22. The van der Waals surface area contributed by atoms with Crippen LogP contribution in [-0.4, -0.2) is 9.97 Å². The van der Waals surface area contributed by atoms with E-state index in [1.807, 2.05) is 6.07 Å². The summed E-state index contributed by atoms with van der Waals surface area (Å²) < 4.78 is 0. The molecule has 2 rings (SSSR count). The molecule has 100 valence electrons. The van der Waals surface area contributed by atoms with E-state index in [0.717, 1.165) is 29.8 Å². The molecule has 0 atom stereocenters. The number of anilines is 1. The van der Waals surface area contributed by atoms with Gasteiger partial charge in [-0.15, -0.1) is 0 Å². The van der Waals surface area contributed by atoms with E-state index in [9.17, 15) is 0 Å². The largest absolute Gasteiger partial charge is 0.368 e. The number of hydrogen-bond donors (Lipinski definition) is 1. The molecule has 19 heavy (non-hydrogen) atoms. The van der Waals surface area contributed by atoms with E-state index in [0.29, 0.717) is 11.9 Å². The summed E-state index contributed by atoms with van der Waals surface area (Å²) in [7, 11) is 0. The summed E-state index contributed by atoms with van der Waals surface area (Å²) in [6, 6.07) is 10.6. The molecule has 0 fully saturated rings. The van der Waals surface area contributed by atoms with Crippen LogP contribution in [0.25, 0.3) is 11.3 Å². The van der Waals surface area contributed by atoms with Gasteiger partial charge in [0.2, 0.25) is 5.95 Å². The first-order valence-corrected chi connectivity index (χ1v) is 6.84. The third-order valence-corrected chi connectivity index (χ3v) is 3.14. The first-order chi connectivity index (χ1) is 9.10. The molecule has 0 saturated heterocycles. The van der Waals surface area contributed by atoms with Gasteiger partial charge in [-0.1, -0.05) is 51.5 Å². The van der Waals surface area contributed by atoms with Gasteiger partial charge in [0, 0.05) is 11.3 Å². The molecular formula is C16H21N3. The lowest BCUT2D eigenvalue weighted by Crippen LogP contribution is -2.02. The van der Waals surface area contributed by atoms with Crippen LogP contribution in [0.4, 0.5) is 5.95 Å². The average molecular weight is 255 g/mol. The van der Waals surface area contributed by atoms with E-state index < -0.39 is 0 Å². The second-order valence-corrected chi connectivity index (χ2v) is 5.14. The van der Waals surface area contributed by atoms with E-state index in [1.54, 1.807) is 0 Å². The molecule has 0 aliphatic heterocycles. The fourth-order valence-corrected chi connectivity index (χ4v) is 2.06. The Labute approximate surface area is 114 Å². The number of rotatable bonds is 4. The van der Waals surface area contributed by atoms with Crippen LogP contribution in [0.1, 0.15) is 44.4 Å². The van der Waals surface area contributed by atoms with Crippen molar-refractivity contribution in [2.75, 3.05) is 5.73 Å². The van der Waals surface area contributed by atoms with E-state index >= 15 is 0 Å². The van der Waals surface area contributed by atoms with Crippen molar-refractivity contribution in [3.05, 3.63) is 41.6 Å². The van der Waals surface area contributed by atoms with E-state index in [1.165, 1.54) is 5.56 Å². The van der Waals surface area contributed by atoms with Gasteiger partial charge in [0.1, 0.15) is 0 Å². The van der Waals surface area contributed by atoms with Gasteiger partial charge in [-0.05, 0) is 24.0 Å². The Morgan fingerprint density at radius 1 is 1.11 bits per heavy atom. The van der Waals surface area contributed by atoms with Crippen LogP contribution in [0.15, 0.2) is 30.3 Å². The van der Waals surface area contributed by atoms with Gasteiger partial charge in [-0.25, -0.2) is 9.97 Å². The first kappa shape index (κ1) is 13.5. The molecule has 2 N–H and O–H groups in total. The molecule has 0 radical (unpaired) electrons. The van der Waals surface area contributed by atoms with Crippen molar-refractivity contribution >= 4 is 5.95 Å². The Hall–Kier alpha value is -1.90. The van der Waals surface area contributed by atoms with Crippen LogP contribution >= 0.6 is 0 Å². The summed E-state index contributed by atoms with van der Waals surface area (Å²) in [5.74, 6) is 0.697. The monoisotopic (exact) mass is 255 g/mol. The maximum Gasteiger partial charge on any atom is 0.220 e. The van der Waals surface area contributed by atoms with Crippen molar-refractivity contribution in [2.24, 2.45) is 0 Å². The van der Waals surface area contributed by atoms with Gasteiger partial charge in [0.05, 0.1) is 5.69 Å². The minimum absolute atomic E-state index is 0.346. The molecule has 1 heterocycles. The zero-order chi connectivity index (χ0) is 13.8. The summed E-state index contributed by atoms with van der Waals surface area (Å²) in [6.45, 7) is 6.40. The highest BCUT2D eigenvalue weighted by atomic mass is 15.0. The number of benzene rings is 1. The predicted octanol–water partition coefficient (Wildman–Crippen LogP) is 3.80. The molecule has 0 unspecified atom stereocenters. The van der Waals surface area contributed by atoms with Crippen molar-refractivity contribution in [2.45, 2.75) is 39.5 Å². The number of nitrogens with two attached hydrogens (primary N) is 1. The van der Waals surface area contributed by atoms with E-state index in [4.69, 9.17) is 5.73 Å². The van der Waals surface area contributed by atoms with Crippen molar-refractivity contribution in [1.29, 1.82) is 0 Å². The first-order valence-electron chi connectivity index (χ1n) is 6.84. The number of nitrogens with zero attached hydrogens (tertiary/aromatic N) is 2. The third kappa shape index (κ3) is 3.31. The van der Waals surface area contributed by atoms with Crippen molar-refractivity contribution < 1.29 is 0 Å². The molecule has 2 aromatic rings. The van der Waals surface area contributed by atoms with E-state index in [2.05, 4.69) is 55.0 Å². The molecule has 1 aromatic carbocycles. The molecule has 0 saturated carbocycles. The zero-order valence-electron chi connectivity index (χ0n) is 11.9. The maximum atomic E-state index is 5.79. The number of aryl methyl sites for hydroxylation is 1. The van der Waals surface area contributed by atoms with Crippen LogP contribution in [0.3, 0.4) is 0 Å². The second kappa shape index (κ2) is 5.83. The fourth-order valence-electron chi connectivity index (χ4n) is 2.06. The quantitative estimate of drug-likeness (QED) is 0.904. The summed E-state index contributed by atoms with van der Waals surface area (Å²) in [4.78, 5) is 8.60. The predicted molar refractivity (Wildman–Crippen MR) is 80.0 cm³/mol. The minimum Gasteiger partial charge on any atom is -0.368 e. The third-order valence-electron chi connectivity index (χ3n) is 3.14. The van der Waals surface area contributed by atoms with Gasteiger partial charge in [0.15, 0.2) is 0 Å². The molecule has 0 bridgehead atoms. The summed E-state index contributed by atoms with van der Waals surface area (Å²) in [5, 5.41) is 0. The molecule has 1 aromatic heterocycles. The van der Waals surface area contributed by atoms with Crippen LogP contribution in [0.5, 0.6) is 0 Å². The molecule has 3 nitrogen and oxygen atoms in total. The van der Waals surface area contributed by atoms with Crippen LogP contribution < -0.4 is 5.73 Å².